The smallest absolute Gasteiger partial charge is 0.244 e. The van der Waals surface area contributed by atoms with Crippen LogP contribution in [-0.2, 0) is 14.8 Å². The average Bonchev–Trinajstić information content (AvgIpc) is 2.68. The third-order valence-corrected chi connectivity index (χ3v) is 7.22. The van der Waals surface area contributed by atoms with E-state index in [-0.39, 0.29) is 40.9 Å². The van der Waals surface area contributed by atoms with Crippen LogP contribution in [0.25, 0.3) is 0 Å². The van der Waals surface area contributed by atoms with E-state index in [9.17, 15) is 26.4 Å². The Morgan fingerprint density at radius 3 is 2.28 bits per heavy atom. The maximum atomic E-state index is 13.7. The van der Waals surface area contributed by atoms with Gasteiger partial charge in [0.05, 0.1) is 10.7 Å². The first-order valence-electron chi connectivity index (χ1n) is 8.50. The van der Waals surface area contributed by atoms with Crippen LogP contribution in [0.3, 0.4) is 0 Å². The molecule has 2 aromatic carbocycles. The number of nitrogens with one attached hydrogen (secondary N) is 1. The fourth-order valence-corrected chi connectivity index (χ4v) is 5.23. The molecule has 0 aromatic heterocycles. The van der Waals surface area contributed by atoms with E-state index in [1.165, 1.54) is 22.5 Å². The van der Waals surface area contributed by atoms with E-state index in [1.54, 1.807) is 0 Å². The predicted octanol–water partition coefficient (Wildman–Crippen LogP) is 4.45. The number of hydrogen-bond donors (Lipinski definition) is 1. The van der Waals surface area contributed by atoms with Crippen molar-refractivity contribution < 1.29 is 26.4 Å². The van der Waals surface area contributed by atoms with Gasteiger partial charge in [0.15, 0.2) is 11.6 Å². The number of hydrogen-bond acceptors (Lipinski definition) is 3. The van der Waals surface area contributed by atoms with Crippen LogP contribution in [0.2, 0.25) is 10.0 Å². The molecule has 0 radical (unpaired) electrons. The number of halogens is 5. The molecule has 5 nitrogen and oxygen atoms in total. The Kier molecular flexibility index (Phi) is 6.42. The zero-order valence-corrected chi connectivity index (χ0v) is 17.1. The van der Waals surface area contributed by atoms with Gasteiger partial charge in [-0.05, 0) is 31.0 Å². The molecule has 0 aliphatic carbocycles. The Bertz CT molecular complexity index is 1060. The molecule has 1 amide bonds. The van der Waals surface area contributed by atoms with Crippen LogP contribution >= 0.6 is 23.2 Å². The summed E-state index contributed by atoms with van der Waals surface area (Å²) in [5, 5.41) is 2.47. The summed E-state index contributed by atoms with van der Waals surface area (Å²) in [6, 6.07) is 5.01. The lowest BCUT2D eigenvalue weighted by molar-refractivity contribution is -0.120. The molecule has 2 aromatic rings. The minimum atomic E-state index is -3.91. The Morgan fingerprint density at radius 1 is 1.00 bits per heavy atom. The number of carbonyl (C=O) groups is 1. The van der Waals surface area contributed by atoms with Crippen molar-refractivity contribution in [3.8, 4) is 0 Å². The van der Waals surface area contributed by atoms with E-state index in [0.717, 1.165) is 0 Å². The normalized spacial score (nSPS) is 16.0. The number of sulfonamides is 1. The second kappa shape index (κ2) is 8.51. The van der Waals surface area contributed by atoms with Crippen molar-refractivity contribution in [2.45, 2.75) is 17.7 Å². The van der Waals surface area contributed by atoms with Crippen molar-refractivity contribution in [1.29, 1.82) is 0 Å². The van der Waals surface area contributed by atoms with Gasteiger partial charge in [-0.15, -0.1) is 0 Å². The molecule has 3 rings (SSSR count). The molecule has 1 aliphatic rings. The minimum absolute atomic E-state index is 0.0306. The fraction of sp³-hybridized carbons (Fsp3) is 0.278. The summed E-state index contributed by atoms with van der Waals surface area (Å²) in [6.07, 6.45) is 0.323. The summed E-state index contributed by atoms with van der Waals surface area (Å²) in [4.78, 5) is 12.2. The molecule has 1 fully saturated rings. The number of amides is 1. The van der Waals surface area contributed by atoms with Gasteiger partial charge in [-0.25, -0.2) is 21.6 Å². The van der Waals surface area contributed by atoms with Gasteiger partial charge in [-0.1, -0.05) is 23.2 Å². The van der Waals surface area contributed by atoms with Crippen LogP contribution < -0.4 is 5.32 Å². The fourth-order valence-electron chi connectivity index (χ4n) is 3.03. The van der Waals surface area contributed by atoms with Crippen molar-refractivity contribution >= 4 is 44.8 Å². The Labute approximate surface area is 175 Å². The zero-order valence-electron chi connectivity index (χ0n) is 14.8. The van der Waals surface area contributed by atoms with Crippen LogP contribution in [0.15, 0.2) is 35.2 Å². The summed E-state index contributed by atoms with van der Waals surface area (Å²) < 4.78 is 66.7. The number of rotatable bonds is 4. The van der Waals surface area contributed by atoms with Gasteiger partial charge in [-0.3, -0.25) is 4.79 Å². The average molecular weight is 467 g/mol. The summed E-state index contributed by atoms with van der Waals surface area (Å²) in [5.74, 6) is -4.98. The Hall–Kier alpha value is -1.81. The number of benzene rings is 2. The maximum Gasteiger partial charge on any atom is 0.244 e. The Balaban J connectivity index is 1.68. The lowest BCUT2D eigenvalue weighted by Gasteiger charge is -2.30. The van der Waals surface area contributed by atoms with Crippen LogP contribution in [-0.4, -0.2) is 31.7 Å². The number of piperidine rings is 1. The zero-order chi connectivity index (χ0) is 21.3. The highest BCUT2D eigenvalue weighted by atomic mass is 35.5. The molecule has 156 valence electrons. The first-order chi connectivity index (χ1) is 13.6. The highest BCUT2D eigenvalue weighted by Gasteiger charge is 2.33. The molecular formula is C18H15Cl2F3N2O3S. The lowest BCUT2D eigenvalue weighted by Crippen LogP contribution is -2.41. The molecule has 0 spiro atoms. The van der Waals surface area contributed by atoms with E-state index < -0.39 is 45.0 Å². The number of anilines is 1. The van der Waals surface area contributed by atoms with E-state index in [2.05, 4.69) is 5.32 Å². The molecule has 0 unspecified atom stereocenters. The summed E-state index contributed by atoms with van der Waals surface area (Å²) in [6.45, 7) is 0.0625. The van der Waals surface area contributed by atoms with Gasteiger partial charge in [0.25, 0.3) is 0 Å². The van der Waals surface area contributed by atoms with E-state index >= 15 is 0 Å². The minimum Gasteiger partial charge on any atom is -0.323 e. The molecule has 0 bridgehead atoms. The second-order valence-electron chi connectivity index (χ2n) is 6.49. The first kappa shape index (κ1) is 21.9. The quantitative estimate of drug-likeness (QED) is 0.676. The van der Waals surface area contributed by atoms with Gasteiger partial charge in [0.2, 0.25) is 15.9 Å². The lowest BCUT2D eigenvalue weighted by atomic mass is 9.97. The first-order valence-corrected chi connectivity index (χ1v) is 10.7. The van der Waals surface area contributed by atoms with E-state index in [4.69, 9.17) is 23.2 Å². The van der Waals surface area contributed by atoms with Crippen molar-refractivity contribution in [2.75, 3.05) is 18.4 Å². The highest BCUT2D eigenvalue weighted by Crippen LogP contribution is 2.31. The van der Waals surface area contributed by atoms with Crippen molar-refractivity contribution in [3.63, 3.8) is 0 Å². The summed E-state index contributed by atoms with van der Waals surface area (Å²) in [5.41, 5.74) is -0.477. The van der Waals surface area contributed by atoms with E-state index in [1.807, 2.05) is 0 Å². The standard InChI is InChI=1S/C18H15Cl2F3N2O3S/c19-11-1-2-12(20)17(7-11)29(27,28)25-5-3-10(4-6-25)18(26)24-16-9-14(22)13(21)8-15(16)23/h1-2,7-10H,3-6H2,(H,24,26). The highest BCUT2D eigenvalue weighted by molar-refractivity contribution is 7.89. The van der Waals surface area contributed by atoms with Crippen LogP contribution in [0.4, 0.5) is 18.9 Å². The van der Waals surface area contributed by atoms with Gasteiger partial charge in [0, 0.05) is 36.2 Å². The molecule has 29 heavy (non-hydrogen) atoms. The summed E-state index contributed by atoms with van der Waals surface area (Å²) >= 11 is 11.8. The molecule has 1 saturated heterocycles. The second-order valence-corrected chi connectivity index (χ2v) is 9.24. The molecule has 0 saturated carbocycles. The third kappa shape index (κ3) is 4.69. The van der Waals surface area contributed by atoms with Gasteiger partial charge in [-0.2, -0.15) is 4.31 Å². The Morgan fingerprint density at radius 2 is 1.62 bits per heavy atom. The topological polar surface area (TPSA) is 66.5 Å². The van der Waals surface area contributed by atoms with E-state index in [0.29, 0.717) is 12.1 Å². The summed E-state index contributed by atoms with van der Waals surface area (Å²) in [7, 11) is -3.91. The van der Waals surface area contributed by atoms with Gasteiger partial charge >= 0.3 is 0 Å². The SMILES string of the molecule is O=C(Nc1cc(F)c(F)cc1F)C1CCN(S(=O)(=O)c2cc(Cl)ccc2Cl)CC1. The molecule has 1 aliphatic heterocycles. The third-order valence-electron chi connectivity index (χ3n) is 4.60. The molecule has 11 heteroatoms. The van der Waals surface area contributed by atoms with Gasteiger partial charge < -0.3 is 5.32 Å². The van der Waals surface area contributed by atoms with Crippen LogP contribution in [0, 0.1) is 23.4 Å². The van der Waals surface area contributed by atoms with Crippen molar-refractivity contribution in [3.05, 3.63) is 57.8 Å². The molecular weight excluding hydrogens is 452 g/mol. The predicted molar refractivity (Wildman–Crippen MR) is 103 cm³/mol. The monoisotopic (exact) mass is 466 g/mol. The van der Waals surface area contributed by atoms with Crippen molar-refractivity contribution in [2.24, 2.45) is 5.92 Å². The number of nitrogens with zero attached hydrogens (tertiary/aromatic N) is 1. The van der Waals surface area contributed by atoms with Gasteiger partial charge in [0.1, 0.15) is 10.7 Å². The number of carbonyl (C=O) groups excluding carboxylic acids is 1. The van der Waals surface area contributed by atoms with Crippen molar-refractivity contribution in [1.82, 2.24) is 4.31 Å². The maximum absolute atomic E-state index is 13.7. The van der Waals surface area contributed by atoms with Crippen LogP contribution in [0.5, 0.6) is 0 Å². The molecule has 1 heterocycles. The molecule has 1 N–H and O–H groups in total. The largest absolute Gasteiger partial charge is 0.323 e. The van der Waals surface area contributed by atoms with Crippen LogP contribution in [0.1, 0.15) is 12.8 Å². The molecule has 0 atom stereocenters.